The number of thiocarbonyl (C=S) groups is 2. The maximum Gasteiger partial charge on any atom is 0.185 e. The minimum atomic E-state index is 0.534. The predicted octanol–water partition coefficient (Wildman–Crippen LogP) is 2.22. The summed E-state index contributed by atoms with van der Waals surface area (Å²) in [6, 6.07) is 10.7. The molecule has 4 nitrogen and oxygen atoms in total. The Labute approximate surface area is 142 Å². The van der Waals surface area contributed by atoms with Gasteiger partial charge in [0.25, 0.3) is 0 Å². The molecule has 0 saturated heterocycles. The molecule has 3 rings (SSSR count). The van der Waals surface area contributed by atoms with Gasteiger partial charge in [0.05, 0.1) is 0 Å². The highest BCUT2D eigenvalue weighted by Gasteiger charge is 2.39. The zero-order valence-corrected chi connectivity index (χ0v) is 14.1. The number of fused-ring (bicyclic) bond motifs is 2. The molecular formula is C16H22N4S2. The Morgan fingerprint density at radius 2 is 1.77 bits per heavy atom. The molecule has 2 saturated carbocycles. The van der Waals surface area contributed by atoms with Crippen LogP contribution in [0.4, 0.5) is 0 Å². The van der Waals surface area contributed by atoms with Gasteiger partial charge in [-0.05, 0) is 61.1 Å². The molecular weight excluding hydrogens is 312 g/mol. The lowest BCUT2D eigenvalue weighted by molar-refractivity contribution is 0.389. The highest BCUT2D eigenvalue weighted by Crippen LogP contribution is 2.44. The molecule has 2 bridgehead atoms. The van der Waals surface area contributed by atoms with E-state index >= 15 is 0 Å². The number of hydrogen-bond acceptors (Lipinski definition) is 2. The van der Waals surface area contributed by atoms with Crippen LogP contribution in [-0.4, -0.2) is 16.3 Å². The van der Waals surface area contributed by atoms with Crippen LogP contribution in [0.15, 0.2) is 30.3 Å². The van der Waals surface area contributed by atoms with Crippen molar-refractivity contribution in [3.8, 4) is 0 Å². The van der Waals surface area contributed by atoms with E-state index in [1.54, 1.807) is 0 Å². The van der Waals surface area contributed by atoms with Crippen LogP contribution in [0.1, 0.15) is 31.2 Å². The van der Waals surface area contributed by atoms with Crippen LogP contribution in [0, 0.1) is 11.8 Å². The van der Waals surface area contributed by atoms with E-state index in [1.165, 1.54) is 31.2 Å². The molecule has 6 heteroatoms. The molecule has 1 aromatic rings. The number of hydrazine groups is 1. The van der Waals surface area contributed by atoms with Gasteiger partial charge in [0.1, 0.15) is 0 Å². The summed E-state index contributed by atoms with van der Waals surface area (Å²) in [5, 5.41) is 7.72. The summed E-state index contributed by atoms with van der Waals surface area (Å²) in [5.74, 6) is 1.71. The highest BCUT2D eigenvalue weighted by atomic mass is 32.1. The predicted molar refractivity (Wildman–Crippen MR) is 97.1 cm³/mol. The average molecular weight is 335 g/mol. The third-order valence-corrected chi connectivity index (χ3v) is 5.11. The average Bonchev–Trinajstić information content (AvgIpc) is 3.14. The second-order valence-corrected chi connectivity index (χ2v) is 6.99. The van der Waals surface area contributed by atoms with Gasteiger partial charge in [0, 0.05) is 12.6 Å². The molecule has 0 aliphatic heterocycles. The van der Waals surface area contributed by atoms with E-state index in [0.29, 0.717) is 22.8 Å². The lowest BCUT2D eigenvalue weighted by Crippen LogP contribution is -2.52. The molecule has 0 unspecified atom stereocenters. The molecule has 0 amide bonds. The van der Waals surface area contributed by atoms with E-state index in [-0.39, 0.29) is 0 Å². The number of hydrogen-bond donors (Lipinski definition) is 4. The Bertz CT molecular complexity index is 534. The summed E-state index contributed by atoms with van der Waals surface area (Å²) in [6.45, 7) is 0.695. The highest BCUT2D eigenvalue weighted by molar-refractivity contribution is 7.80. The van der Waals surface area contributed by atoms with Crippen LogP contribution in [0.25, 0.3) is 0 Å². The van der Waals surface area contributed by atoms with Crippen LogP contribution in [0.5, 0.6) is 0 Å². The smallest absolute Gasteiger partial charge is 0.185 e. The van der Waals surface area contributed by atoms with Gasteiger partial charge in [-0.2, -0.15) is 0 Å². The van der Waals surface area contributed by atoms with Crippen molar-refractivity contribution >= 4 is 34.7 Å². The fourth-order valence-corrected chi connectivity index (χ4v) is 3.89. The van der Waals surface area contributed by atoms with Crippen molar-refractivity contribution in [2.75, 3.05) is 0 Å². The van der Waals surface area contributed by atoms with Crippen molar-refractivity contribution < 1.29 is 0 Å². The van der Waals surface area contributed by atoms with Crippen molar-refractivity contribution in [2.45, 2.75) is 38.3 Å². The van der Waals surface area contributed by atoms with Gasteiger partial charge in [0.2, 0.25) is 0 Å². The third-order valence-electron chi connectivity index (χ3n) is 4.64. The fourth-order valence-electron chi connectivity index (χ4n) is 3.56. The van der Waals surface area contributed by atoms with E-state index in [0.717, 1.165) is 11.8 Å². The zero-order chi connectivity index (χ0) is 15.4. The first-order valence-electron chi connectivity index (χ1n) is 7.85. The van der Waals surface area contributed by atoms with Gasteiger partial charge in [-0.25, -0.2) is 0 Å². The van der Waals surface area contributed by atoms with Crippen LogP contribution < -0.4 is 21.5 Å². The molecule has 3 atom stereocenters. The minimum absolute atomic E-state index is 0.534. The zero-order valence-electron chi connectivity index (χ0n) is 12.5. The van der Waals surface area contributed by atoms with E-state index in [4.69, 9.17) is 24.4 Å². The maximum absolute atomic E-state index is 5.33. The molecule has 0 aromatic heterocycles. The van der Waals surface area contributed by atoms with E-state index in [9.17, 15) is 0 Å². The van der Waals surface area contributed by atoms with E-state index in [1.807, 2.05) is 18.2 Å². The van der Waals surface area contributed by atoms with Gasteiger partial charge in [0.15, 0.2) is 10.2 Å². The lowest BCUT2D eigenvalue weighted by atomic mass is 9.96. The lowest BCUT2D eigenvalue weighted by Gasteiger charge is -2.24. The number of nitrogens with one attached hydrogen (secondary N) is 4. The van der Waals surface area contributed by atoms with Crippen LogP contribution in [-0.2, 0) is 6.54 Å². The Kier molecular flexibility index (Phi) is 5.10. The Morgan fingerprint density at radius 1 is 1.00 bits per heavy atom. The molecule has 2 fully saturated rings. The molecule has 4 N–H and O–H groups in total. The van der Waals surface area contributed by atoms with Crippen molar-refractivity contribution in [3.05, 3.63) is 35.9 Å². The summed E-state index contributed by atoms with van der Waals surface area (Å²) < 4.78 is 0. The first kappa shape index (κ1) is 15.5. The van der Waals surface area contributed by atoms with E-state index in [2.05, 4.69) is 33.6 Å². The normalized spacial score (nSPS) is 25.5. The van der Waals surface area contributed by atoms with Crippen molar-refractivity contribution in [1.82, 2.24) is 21.5 Å². The first-order chi connectivity index (χ1) is 10.7. The number of rotatable bonds is 3. The van der Waals surface area contributed by atoms with Crippen molar-refractivity contribution in [2.24, 2.45) is 11.8 Å². The van der Waals surface area contributed by atoms with Crippen LogP contribution >= 0.6 is 24.4 Å². The molecule has 1 aromatic carbocycles. The Balaban J connectivity index is 1.33. The van der Waals surface area contributed by atoms with Crippen LogP contribution in [0.2, 0.25) is 0 Å². The van der Waals surface area contributed by atoms with Gasteiger partial charge in [-0.1, -0.05) is 36.8 Å². The van der Waals surface area contributed by atoms with Crippen LogP contribution in [0.3, 0.4) is 0 Å². The fraction of sp³-hybridized carbons (Fsp3) is 0.500. The SMILES string of the molecule is S=C(NCc1ccccc1)NNC(=S)N[C@H]1C[C@@H]2CC[C@@H]1C2. The minimum Gasteiger partial charge on any atom is -0.358 e. The standard InChI is InChI=1S/C16H22N4S2/c21-15(17-10-11-4-2-1-3-5-11)19-20-16(22)18-14-9-12-6-7-13(14)8-12/h1-5,12-14H,6-10H2,(H2,17,19,21)(H2,18,20,22)/t12-,13-,14+/m1/s1. The largest absolute Gasteiger partial charge is 0.358 e. The van der Waals surface area contributed by atoms with Gasteiger partial charge in [-0.3, -0.25) is 10.9 Å². The second kappa shape index (κ2) is 7.24. The topological polar surface area (TPSA) is 48.1 Å². The third kappa shape index (κ3) is 4.08. The molecule has 2 aliphatic carbocycles. The van der Waals surface area contributed by atoms with Gasteiger partial charge >= 0.3 is 0 Å². The van der Waals surface area contributed by atoms with Crippen molar-refractivity contribution in [1.29, 1.82) is 0 Å². The maximum atomic E-state index is 5.33. The van der Waals surface area contributed by atoms with E-state index < -0.39 is 0 Å². The summed E-state index contributed by atoms with van der Waals surface area (Å²) in [5.41, 5.74) is 7.10. The summed E-state index contributed by atoms with van der Waals surface area (Å²) >= 11 is 10.6. The first-order valence-corrected chi connectivity index (χ1v) is 8.66. The Hall–Kier alpha value is -1.40. The molecule has 118 valence electrons. The molecule has 22 heavy (non-hydrogen) atoms. The monoisotopic (exact) mass is 334 g/mol. The number of benzene rings is 1. The molecule has 2 aliphatic rings. The summed E-state index contributed by atoms with van der Waals surface area (Å²) in [6.07, 6.45) is 5.36. The second-order valence-electron chi connectivity index (χ2n) is 6.17. The molecule has 0 spiro atoms. The quantitative estimate of drug-likeness (QED) is 0.502. The van der Waals surface area contributed by atoms with Crippen molar-refractivity contribution in [3.63, 3.8) is 0 Å². The van der Waals surface area contributed by atoms with Gasteiger partial charge < -0.3 is 10.6 Å². The molecule has 0 radical (unpaired) electrons. The van der Waals surface area contributed by atoms with Gasteiger partial charge in [-0.15, -0.1) is 0 Å². The summed E-state index contributed by atoms with van der Waals surface area (Å²) in [7, 11) is 0. The Morgan fingerprint density at radius 3 is 2.45 bits per heavy atom. The summed E-state index contributed by atoms with van der Waals surface area (Å²) in [4.78, 5) is 0. The molecule has 0 heterocycles.